The number of para-hydroxylation sites is 1. The summed E-state index contributed by atoms with van der Waals surface area (Å²) in [5, 5.41) is 14.0. The number of ether oxygens (including phenoxy) is 1. The summed E-state index contributed by atoms with van der Waals surface area (Å²) < 4.78 is 7.89. The number of fused-ring (bicyclic) bond motifs is 1. The molecular weight excluding hydrogens is 576 g/mol. The molecule has 6 rings (SSSR count). The van der Waals surface area contributed by atoms with Gasteiger partial charge in [-0.3, -0.25) is 34.1 Å². The SMILES string of the molecule is COC(=O)c1ccc(CN2C(=O)C3C(c4c(C)n(C)n(-c5ccccc5)c4=O)NC(Cc4ccccc4)(C(=O)O)C3C2=O)cc1. The first-order chi connectivity index (χ1) is 21.6. The zero-order valence-electron chi connectivity index (χ0n) is 25.0. The predicted molar refractivity (Wildman–Crippen MR) is 162 cm³/mol. The van der Waals surface area contributed by atoms with Gasteiger partial charge >= 0.3 is 11.9 Å². The monoisotopic (exact) mass is 608 g/mol. The van der Waals surface area contributed by atoms with Gasteiger partial charge in [-0.1, -0.05) is 60.7 Å². The van der Waals surface area contributed by atoms with Gasteiger partial charge in [-0.25, -0.2) is 9.48 Å². The van der Waals surface area contributed by atoms with E-state index in [1.165, 1.54) is 23.9 Å². The van der Waals surface area contributed by atoms with E-state index in [1.54, 1.807) is 85.4 Å². The Balaban J connectivity index is 1.47. The molecule has 2 saturated heterocycles. The fourth-order valence-electron chi connectivity index (χ4n) is 6.81. The summed E-state index contributed by atoms with van der Waals surface area (Å²) in [5.74, 6) is -5.44. The quantitative estimate of drug-likeness (QED) is 0.230. The second-order valence-electron chi connectivity index (χ2n) is 11.5. The van der Waals surface area contributed by atoms with Gasteiger partial charge in [0.1, 0.15) is 5.54 Å². The molecule has 230 valence electrons. The number of amides is 2. The van der Waals surface area contributed by atoms with Gasteiger partial charge in [0.15, 0.2) is 0 Å². The second kappa shape index (κ2) is 11.3. The maximum absolute atomic E-state index is 14.2. The summed E-state index contributed by atoms with van der Waals surface area (Å²) in [7, 11) is 2.99. The van der Waals surface area contributed by atoms with Crippen molar-refractivity contribution >= 4 is 23.8 Å². The van der Waals surface area contributed by atoms with Gasteiger partial charge < -0.3 is 9.84 Å². The number of carboxylic acid groups (broad SMARTS) is 1. The van der Waals surface area contributed by atoms with Crippen LogP contribution >= 0.6 is 0 Å². The number of likely N-dealkylation sites (tertiary alicyclic amines) is 1. The van der Waals surface area contributed by atoms with Crippen LogP contribution in [0.3, 0.4) is 0 Å². The first-order valence-electron chi connectivity index (χ1n) is 14.5. The molecule has 3 heterocycles. The topological polar surface area (TPSA) is 140 Å². The molecule has 0 aliphatic carbocycles. The van der Waals surface area contributed by atoms with Gasteiger partial charge in [0.2, 0.25) is 11.8 Å². The lowest BCUT2D eigenvalue weighted by molar-refractivity contribution is -0.151. The number of carboxylic acids is 1. The van der Waals surface area contributed by atoms with Gasteiger partial charge in [-0.05, 0) is 42.3 Å². The summed E-state index contributed by atoms with van der Waals surface area (Å²) in [5.41, 5.74) is 0.637. The van der Waals surface area contributed by atoms with Crippen LogP contribution in [0.15, 0.2) is 89.7 Å². The normalized spacial score (nSPS) is 22.5. The maximum Gasteiger partial charge on any atom is 0.337 e. The lowest BCUT2D eigenvalue weighted by Crippen LogP contribution is -2.57. The number of aliphatic carboxylic acids is 1. The summed E-state index contributed by atoms with van der Waals surface area (Å²) >= 11 is 0. The lowest BCUT2D eigenvalue weighted by atomic mass is 9.76. The van der Waals surface area contributed by atoms with Gasteiger partial charge in [-0.2, -0.15) is 0 Å². The van der Waals surface area contributed by atoms with Crippen molar-refractivity contribution in [1.82, 2.24) is 19.6 Å². The standard InChI is InChI=1S/C34H32N4O7/c1-20-25(30(40)38(36(20)2)24-12-8-5-9-13-24)28-26-27(34(35-28,33(43)44)18-21-10-6-4-7-11-21)31(41)37(29(26)39)19-22-14-16-23(17-15-22)32(42)45-3/h4-17,26-28,35H,18-19H2,1-3H3,(H,43,44). The van der Waals surface area contributed by atoms with E-state index in [0.29, 0.717) is 28.1 Å². The third kappa shape index (κ3) is 4.76. The van der Waals surface area contributed by atoms with Gasteiger partial charge in [0.05, 0.1) is 48.3 Å². The molecular formula is C34H32N4O7. The van der Waals surface area contributed by atoms with Gasteiger partial charge in [0.25, 0.3) is 5.56 Å². The van der Waals surface area contributed by atoms with Crippen molar-refractivity contribution in [1.29, 1.82) is 0 Å². The predicted octanol–water partition coefficient (Wildman–Crippen LogP) is 2.78. The Morgan fingerprint density at radius 3 is 2.11 bits per heavy atom. The molecule has 45 heavy (non-hydrogen) atoms. The Morgan fingerprint density at radius 1 is 0.889 bits per heavy atom. The summed E-state index contributed by atoms with van der Waals surface area (Å²) in [6.07, 6.45) is -0.0831. The highest BCUT2D eigenvalue weighted by Gasteiger charge is 2.69. The Kier molecular flexibility index (Phi) is 7.49. The number of nitrogens with zero attached hydrogens (tertiary/aromatic N) is 3. The first-order valence-corrected chi connectivity index (χ1v) is 14.5. The number of imide groups is 1. The maximum atomic E-state index is 14.2. The highest BCUT2D eigenvalue weighted by molar-refractivity contribution is 6.09. The van der Waals surface area contributed by atoms with Crippen LogP contribution < -0.4 is 10.9 Å². The van der Waals surface area contributed by atoms with E-state index < -0.39 is 52.7 Å². The van der Waals surface area contributed by atoms with E-state index >= 15 is 0 Å². The van der Waals surface area contributed by atoms with Crippen molar-refractivity contribution in [3.63, 3.8) is 0 Å². The van der Waals surface area contributed by atoms with Crippen LogP contribution in [-0.4, -0.2) is 55.8 Å². The number of carbonyl (C=O) groups excluding carboxylic acids is 3. The molecule has 0 saturated carbocycles. The van der Waals surface area contributed by atoms with Crippen molar-refractivity contribution in [2.75, 3.05) is 7.11 Å². The average molecular weight is 609 g/mol. The molecule has 2 aliphatic heterocycles. The number of aromatic nitrogens is 2. The first kappa shape index (κ1) is 29.8. The minimum absolute atomic E-state index is 0.0831. The number of benzene rings is 3. The van der Waals surface area contributed by atoms with E-state index in [-0.39, 0.29) is 18.5 Å². The van der Waals surface area contributed by atoms with Gasteiger partial charge in [-0.15, -0.1) is 0 Å². The van der Waals surface area contributed by atoms with E-state index in [1.807, 2.05) is 6.07 Å². The Labute approximate surface area is 258 Å². The number of hydrogen-bond donors (Lipinski definition) is 2. The second-order valence-corrected chi connectivity index (χ2v) is 11.5. The van der Waals surface area contributed by atoms with E-state index in [4.69, 9.17) is 4.74 Å². The number of rotatable bonds is 8. The molecule has 2 aliphatic rings. The molecule has 1 aromatic heterocycles. The van der Waals surface area contributed by atoms with Crippen LogP contribution in [0.25, 0.3) is 5.69 Å². The summed E-state index contributed by atoms with van der Waals surface area (Å²) in [4.78, 5) is 68.8. The largest absolute Gasteiger partial charge is 0.480 e. The summed E-state index contributed by atoms with van der Waals surface area (Å²) in [6, 6.07) is 23.2. The minimum atomic E-state index is -1.88. The molecule has 11 heteroatoms. The molecule has 11 nitrogen and oxygen atoms in total. The van der Waals surface area contributed by atoms with Crippen molar-refractivity contribution in [2.45, 2.75) is 31.5 Å². The Morgan fingerprint density at radius 2 is 1.51 bits per heavy atom. The lowest BCUT2D eigenvalue weighted by Gasteiger charge is -2.31. The fourth-order valence-corrected chi connectivity index (χ4v) is 6.81. The van der Waals surface area contributed by atoms with E-state index in [0.717, 1.165) is 4.90 Å². The number of methoxy groups -OCH3 is 1. The van der Waals surface area contributed by atoms with Crippen LogP contribution in [0.1, 0.15) is 38.8 Å². The Bertz CT molecular complexity index is 1860. The third-order valence-electron chi connectivity index (χ3n) is 9.08. The fraction of sp³-hybridized carbons (Fsp3) is 0.265. The third-order valence-corrected chi connectivity index (χ3v) is 9.08. The van der Waals surface area contributed by atoms with Crippen LogP contribution in [0.2, 0.25) is 0 Å². The number of hydrogen-bond acceptors (Lipinski definition) is 7. The summed E-state index contributed by atoms with van der Waals surface area (Å²) in [6.45, 7) is 1.62. The van der Waals surface area contributed by atoms with Crippen LogP contribution in [0.5, 0.6) is 0 Å². The molecule has 2 N–H and O–H groups in total. The van der Waals surface area contributed by atoms with Crippen molar-refractivity contribution in [3.05, 3.63) is 123 Å². The molecule has 3 aromatic carbocycles. The molecule has 2 amide bonds. The average Bonchev–Trinajstić information content (AvgIpc) is 3.59. The zero-order chi connectivity index (χ0) is 32.0. The highest BCUT2D eigenvalue weighted by Crippen LogP contribution is 2.50. The molecule has 0 spiro atoms. The number of nitrogens with one attached hydrogen (secondary N) is 1. The molecule has 2 fully saturated rings. The smallest absolute Gasteiger partial charge is 0.337 e. The molecule has 4 atom stereocenters. The van der Waals surface area contributed by atoms with Crippen molar-refractivity contribution in [2.24, 2.45) is 18.9 Å². The minimum Gasteiger partial charge on any atom is -0.480 e. The number of carbonyl (C=O) groups is 4. The van der Waals surface area contributed by atoms with E-state index in [9.17, 15) is 29.1 Å². The molecule has 4 aromatic rings. The van der Waals surface area contributed by atoms with Crippen LogP contribution in [0.4, 0.5) is 0 Å². The molecule has 4 unspecified atom stereocenters. The zero-order valence-corrected chi connectivity index (χ0v) is 25.0. The van der Waals surface area contributed by atoms with E-state index in [2.05, 4.69) is 5.32 Å². The van der Waals surface area contributed by atoms with Crippen LogP contribution in [-0.2, 0) is 39.1 Å². The van der Waals surface area contributed by atoms with Crippen LogP contribution in [0, 0.1) is 18.8 Å². The Hall–Kier alpha value is -5.29. The molecule has 0 bridgehead atoms. The highest BCUT2D eigenvalue weighted by atomic mass is 16.5. The number of esters is 1. The van der Waals surface area contributed by atoms with Crippen molar-refractivity contribution < 1.29 is 29.0 Å². The molecule has 0 radical (unpaired) electrons. The van der Waals surface area contributed by atoms with Crippen molar-refractivity contribution in [3.8, 4) is 5.69 Å². The van der Waals surface area contributed by atoms with Gasteiger partial charge in [0, 0.05) is 19.2 Å².